The Morgan fingerprint density at radius 2 is 1.94 bits per heavy atom. The van der Waals surface area contributed by atoms with Crippen molar-refractivity contribution in [2.45, 2.75) is 90.4 Å². The van der Waals surface area contributed by atoms with E-state index in [0.29, 0.717) is 12.0 Å². The van der Waals surface area contributed by atoms with Gasteiger partial charge in [-0.05, 0) is 84.9 Å². The maximum atomic E-state index is 13.0. The summed E-state index contributed by atoms with van der Waals surface area (Å²) in [7, 11) is 2.21. The van der Waals surface area contributed by atoms with Gasteiger partial charge < -0.3 is 14.5 Å². The number of carbonyl (C=O) groups excluding carboxylic acids is 1. The number of nitrogens with zero attached hydrogens (tertiary/aromatic N) is 4. The molecule has 3 atom stereocenters. The molecule has 2 saturated heterocycles. The van der Waals surface area contributed by atoms with Crippen LogP contribution in [0.15, 0.2) is 24.4 Å². The van der Waals surface area contributed by atoms with Gasteiger partial charge in [-0.1, -0.05) is 19.1 Å². The van der Waals surface area contributed by atoms with Crippen molar-refractivity contribution < 1.29 is 9.53 Å². The van der Waals surface area contributed by atoms with Crippen molar-refractivity contribution in [2.24, 2.45) is 5.92 Å². The lowest BCUT2D eigenvalue weighted by Crippen LogP contribution is -2.47. The summed E-state index contributed by atoms with van der Waals surface area (Å²) in [5, 5.41) is 6.16. The van der Waals surface area contributed by atoms with Crippen molar-refractivity contribution in [3.05, 3.63) is 30.0 Å². The van der Waals surface area contributed by atoms with Gasteiger partial charge >= 0.3 is 6.09 Å². The minimum Gasteiger partial charge on any atom is -0.444 e. The molecule has 0 bridgehead atoms. The van der Waals surface area contributed by atoms with Gasteiger partial charge in [0.05, 0.1) is 17.6 Å². The summed E-state index contributed by atoms with van der Waals surface area (Å²) in [6.07, 6.45) is 6.26. The van der Waals surface area contributed by atoms with Gasteiger partial charge in [0.25, 0.3) is 0 Å². The molecule has 6 nitrogen and oxygen atoms in total. The van der Waals surface area contributed by atoms with Gasteiger partial charge in [-0.2, -0.15) is 5.10 Å². The third kappa shape index (κ3) is 4.80. The lowest BCUT2D eigenvalue weighted by atomic mass is 9.87. The molecule has 1 aromatic carbocycles. The van der Waals surface area contributed by atoms with Crippen LogP contribution in [0.3, 0.4) is 0 Å². The number of aromatic nitrogens is 2. The van der Waals surface area contributed by atoms with Crippen LogP contribution in [-0.2, 0) is 4.74 Å². The Morgan fingerprint density at radius 3 is 2.62 bits per heavy atom. The maximum absolute atomic E-state index is 13.0. The van der Waals surface area contributed by atoms with Crippen molar-refractivity contribution in [1.82, 2.24) is 19.6 Å². The summed E-state index contributed by atoms with van der Waals surface area (Å²) in [5.41, 5.74) is 1.86. The predicted molar refractivity (Wildman–Crippen MR) is 129 cm³/mol. The van der Waals surface area contributed by atoms with Gasteiger partial charge in [0.2, 0.25) is 0 Å². The fraction of sp³-hybridized carbons (Fsp3) is 0.692. The largest absolute Gasteiger partial charge is 0.444 e. The van der Waals surface area contributed by atoms with Gasteiger partial charge in [0.15, 0.2) is 0 Å². The molecule has 32 heavy (non-hydrogen) atoms. The zero-order chi connectivity index (χ0) is 23.3. The zero-order valence-corrected chi connectivity index (χ0v) is 20.9. The molecule has 0 aliphatic carbocycles. The van der Waals surface area contributed by atoms with E-state index < -0.39 is 5.60 Å². The Kier molecular flexibility index (Phi) is 6.03. The number of hydrogen-bond donors (Lipinski definition) is 0. The molecule has 6 heteroatoms. The molecule has 0 unspecified atom stereocenters. The molecule has 2 aromatic rings. The molecule has 1 amide bonds. The van der Waals surface area contributed by atoms with E-state index in [1.807, 2.05) is 25.7 Å². The molecule has 1 aromatic heterocycles. The smallest absolute Gasteiger partial charge is 0.410 e. The molecule has 4 rings (SSSR count). The molecular formula is C26H40N4O2. The Balaban J connectivity index is 1.59. The Morgan fingerprint density at radius 1 is 1.19 bits per heavy atom. The highest BCUT2D eigenvalue weighted by atomic mass is 16.6. The fourth-order valence-electron chi connectivity index (χ4n) is 5.17. The van der Waals surface area contributed by atoms with Crippen LogP contribution < -0.4 is 0 Å². The van der Waals surface area contributed by atoms with Gasteiger partial charge in [0, 0.05) is 30.2 Å². The molecule has 0 radical (unpaired) electrons. The number of hydrogen-bond acceptors (Lipinski definition) is 4. The average Bonchev–Trinajstić information content (AvgIpc) is 3.12. The maximum Gasteiger partial charge on any atom is 0.410 e. The molecule has 3 heterocycles. The van der Waals surface area contributed by atoms with Crippen LogP contribution in [0.1, 0.15) is 84.9 Å². The monoisotopic (exact) mass is 440 g/mol. The lowest BCUT2D eigenvalue weighted by molar-refractivity contribution is 0.00365. The van der Waals surface area contributed by atoms with Crippen molar-refractivity contribution in [3.63, 3.8) is 0 Å². The van der Waals surface area contributed by atoms with Gasteiger partial charge in [-0.25, -0.2) is 4.79 Å². The van der Waals surface area contributed by atoms with Gasteiger partial charge in [-0.3, -0.25) is 4.68 Å². The van der Waals surface area contributed by atoms with Crippen LogP contribution in [0.4, 0.5) is 4.79 Å². The summed E-state index contributed by atoms with van der Waals surface area (Å²) in [5.74, 6) is 0.481. The fourth-order valence-corrected chi connectivity index (χ4v) is 5.17. The second-order valence-corrected chi connectivity index (χ2v) is 11.6. The van der Waals surface area contributed by atoms with Crippen LogP contribution >= 0.6 is 0 Å². The van der Waals surface area contributed by atoms with Gasteiger partial charge in [0.1, 0.15) is 5.60 Å². The number of amides is 1. The number of likely N-dealkylation sites (tertiary alicyclic amines) is 2. The van der Waals surface area contributed by atoms with Crippen LogP contribution in [-0.4, -0.2) is 57.0 Å². The summed E-state index contributed by atoms with van der Waals surface area (Å²) < 4.78 is 7.92. The number of carbonyl (C=O) groups is 1. The number of fused-ring (bicyclic) bond motifs is 1. The van der Waals surface area contributed by atoms with Crippen LogP contribution in [0.25, 0.3) is 10.9 Å². The first-order valence-corrected chi connectivity index (χ1v) is 12.1. The van der Waals surface area contributed by atoms with Crippen LogP contribution in [0.5, 0.6) is 0 Å². The SMILES string of the molecule is C[C@H]1CC[C@H](c2ccc3cn([C@H]4CCN(C)C(C)(C)C4)nc3c2)N(C(=O)OC(C)(C)C)C1. The first-order chi connectivity index (χ1) is 14.9. The number of ether oxygens (including phenoxy) is 1. The summed E-state index contributed by atoms with van der Waals surface area (Å²) in [6.45, 7) is 14.4. The third-order valence-corrected chi connectivity index (χ3v) is 7.32. The third-order valence-electron chi connectivity index (χ3n) is 7.32. The molecule has 176 valence electrons. The van der Waals surface area contributed by atoms with E-state index >= 15 is 0 Å². The first kappa shape index (κ1) is 23.1. The second-order valence-electron chi connectivity index (χ2n) is 11.6. The molecular weight excluding hydrogens is 400 g/mol. The minimum atomic E-state index is -0.493. The molecule has 0 N–H and O–H groups in total. The number of piperidine rings is 2. The normalized spacial score (nSPS) is 27.0. The van der Waals surface area contributed by atoms with E-state index in [-0.39, 0.29) is 17.7 Å². The summed E-state index contributed by atoms with van der Waals surface area (Å²) >= 11 is 0. The highest BCUT2D eigenvalue weighted by Gasteiger charge is 2.35. The van der Waals surface area contributed by atoms with Gasteiger partial charge in [-0.15, -0.1) is 0 Å². The molecule has 0 saturated carbocycles. The topological polar surface area (TPSA) is 50.6 Å². The Labute approximate surface area is 192 Å². The number of benzene rings is 1. The van der Waals surface area contributed by atoms with Crippen molar-refractivity contribution >= 4 is 17.0 Å². The standard InChI is InChI=1S/C26H40N4O2/c1-18-8-11-23(29(16-18)24(31)32-25(2,3)4)19-9-10-20-17-30(27-22(20)14-19)21-12-13-28(7)26(5,6)15-21/h9-10,14,17-18,21,23H,8,11-13,15-16H2,1-7H3/t18-,21-,23+/m0/s1. The van der Waals surface area contributed by atoms with Crippen LogP contribution in [0.2, 0.25) is 0 Å². The highest BCUT2D eigenvalue weighted by molar-refractivity contribution is 5.79. The Hall–Kier alpha value is -2.08. The van der Waals surface area contributed by atoms with E-state index in [4.69, 9.17) is 9.84 Å². The quantitative estimate of drug-likeness (QED) is 0.593. The second kappa shape index (κ2) is 8.36. The van der Waals surface area contributed by atoms with Crippen molar-refractivity contribution in [3.8, 4) is 0 Å². The predicted octanol–water partition coefficient (Wildman–Crippen LogP) is 5.79. The Bertz CT molecular complexity index is 974. The number of rotatable bonds is 2. The highest BCUT2D eigenvalue weighted by Crippen LogP contribution is 2.37. The molecule has 2 aliphatic rings. The minimum absolute atomic E-state index is 0.0397. The van der Waals surface area contributed by atoms with E-state index in [9.17, 15) is 4.79 Å². The molecule has 2 fully saturated rings. The summed E-state index contributed by atoms with van der Waals surface area (Å²) in [4.78, 5) is 17.4. The zero-order valence-electron chi connectivity index (χ0n) is 20.9. The van der Waals surface area contributed by atoms with Crippen LogP contribution in [0, 0.1) is 5.92 Å². The molecule has 2 aliphatic heterocycles. The first-order valence-electron chi connectivity index (χ1n) is 12.1. The van der Waals surface area contributed by atoms with E-state index in [1.165, 1.54) is 5.39 Å². The van der Waals surface area contributed by atoms with Crippen molar-refractivity contribution in [1.29, 1.82) is 0 Å². The molecule has 0 spiro atoms. The van der Waals surface area contributed by atoms with E-state index in [1.54, 1.807) is 0 Å². The van der Waals surface area contributed by atoms with E-state index in [2.05, 4.69) is 61.8 Å². The average molecular weight is 441 g/mol. The van der Waals surface area contributed by atoms with E-state index in [0.717, 1.165) is 49.9 Å². The summed E-state index contributed by atoms with van der Waals surface area (Å²) in [6, 6.07) is 6.98. The van der Waals surface area contributed by atoms with Crippen molar-refractivity contribution in [2.75, 3.05) is 20.1 Å². The lowest BCUT2D eigenvalue weighted by Gasteiger charge is -2.43.